The molecule has 0 unspecified atom stereocenters. The maximum absolute atomic E-state index is 12.8. The number of aliphatic imine (C=N–C) groups is 1. The Hall–Kier alpha value is -2.59. The van der Waals surface area contributed by atoms with Crippen LogP contribution in [-0.4, -0.2) is 39.7 Å². The number of ether oxygens (including phenoxy) is 1. The van der Waals surface area contributed by atoms with Crippen molar-refractivity contribution in [2.24, 2.45) is 10.1 Å². The molecular formula is C16H10ClF3N4O2S. The fourth-order valence-corrected chi connectivity index (χ4v) is 3.11. The molecule has 6 nitrogen and oxygen atoms in total. The van der Waals surface area contributed by atoms with Crippen molar-refractivity contribution in [3.63, 3.8) is 0 Å². The molecule has 3 rings (SSSR count). The Labute approximate surface area is 160 Å². The van der Waals surface area contributed by atoms with Crippen molar-refractivity contribution in [3.05, 3.63) is 47.0 Å². The van der Waals surface area contributed by atoms with Crippen molar-refractivity contribution in [1.29, 1.82) is 5.41 Å². The Balaban J connectivity index is 2.01. The Morgan fingerprint density at radius 2 is 2.15 bits per heavy atom. The maximum Gasteiger partial charge on any atom is 0.441 e. The number of nitrogens with zero attached hydrogens (tertiary/aromatic N) is 3. The number of hydrazone groups is 1. The summed E-state index contributed by atoms with van der Waals surface area (Å²) in [4.78, 5) is 15.9. The van der Waals surface area contributed by atoms with Crippen LogP contribution in [0, 0.1) is 5.41 Å². The lowest BCUT2D eigenvalue weighted by Gasteiger charge is -2.20. The van der Waals surface area contributed by atoms with Gasteiger partial charge >= 0.3 is 6.18 Å². The number of fused-ring (bicyclic) bond motifs is 1. The molecule has 0 saturated heterocycles. The first-order chi connectivity index (χ1) is 12.7. The summed E-state index contributed by atoms with van der Waals surface area (Å²) >= 11 is 6.16. The van der Waals surface area contributed by atoms with E-state index in [4.69, 9.17) is 21.7 Å². The van der Waals surface area contributed by atoms with Gasteiger partial charge in [0.25, 0.3) is 5.91 Å². The highest BCUT2D eigenvalue weighted by atomic mass is 35.5. The molecule has 2 aliphatic rings. The Morgan fingerprint density at radius 3 is 2.81 bits per heavy atom. The summed E-state index contributed by atoms with van der Waals surface area (Å²) in [6.07, 6.45) is -1.90. The van der Waals surface area contributed by atoms with Crippen LogP contribution < -0.4 is 4.74 Å². The molecule has 2 heterocycles. The van der Waals surface area contributed by atoms with Crippen LogP contribution in [0.4, 0.5) is 13.2 Å². The van der Waals surface area contributed by atoms with Gasteiger partial charge in [0.2, 0.25) is 10.2 Å². The van der Waals surface area contributed by atoms with E-state index in [9.17, 15) is 18.0 Å². The monoisotopic (exact) mass is 414 g/mol. The van der Waals surface area contributed by atoms with E-state index < -0.39 is 23.0 Å². The number of carbonyl (C=O) groups excluding carboxylic acids is 1. The van der Waals surface area contributed by atoms with E-state index in [1.165, 1.54) is 18.2 Å². The zero-order valence-electron chi connectivity index (χ0n) is 13.4. The Bertz CT molecular complexity index is 940. The van der Waals surface area contributed by atoms with Crippen LogP contribution in [0.2, 0.25) is 5.02 Å². The van der Waals surface area contributed by atoms with E-state index in [2.05, 4.69) is 16.7 Å². The highest BCUT2D eigenvalue weighted by molar-refractivity contribution is 8.27. The van der Waals surface area contributed by atoms with Crippen molar-refractivity contribution in [1.82, 2.24) is 5.01 Å². The van der Waals surface area contributed by atoms with Crippen molar-refractivity contribution in [2.75, 3.05) is 6.61 Å². The lowest BCUT2D eigenvalue weighted by atomic mass is 10.1. The SMILES string of the molecule is C=CCOc1ccc(Cl)cc1/C=C1/C(=N)N2N=C(C(F)(F)F)SC2=NC1=O. The molecule has 0 fully saturated rings. The lowest BCUT2D eigenvalue weighted by Crippen LogP contribution is -2.35. The number of nitrogens with one attached hydrogen (secondary N) is 1. The Kier molecular flexibility index (Phi) is 5.11. The maximum atomic E-state index is 12.8. The van der Waals surface area contributed by atoms with E-state index in [-0.39, 0.29) is 29.1 Å². The fraction of sp³-hybridized carbons (Fsp3) is 0.125. The number of halogens is 4. The summed E-state index contributed by atoms with van der Waals surface area (Å²) in [5.74, 6) is -1.02. The highest BCUT2D eigenvalue weighted by Crippen LogP contribution is 2.36. The summed E-state index contributed by atoms with van der Waals surface area (Å²) in [7, 11) is 0. The number of amides is 1. The standard InChI is InChI=1S/C16H10ClF3N4O2S/c1-2-5-26-11-4-3-9(17)6-8(11)7-10-12(21)24-15(22-13(10)25)27-14(23-24)16(18,19)20/h2-4,6-7,21H,1,5H2/b10-7-,21-12?. The Morgan fingerprint density at radius 1 is 1.41 bits per heavy atom. The first-order valence-electron chi connectivity index (χ1n) is 7.31. The molecule has 1 aromatic rings. The first-order valence-corrected chi connectivity index (χ1v) is 8.51. The third-order valence-corrected chi connectivity index (χ3v) is 4.51. The van der Waals surface area contributed by atoms with Gasteiger partial charge in [0.1, 0.15) is 12.4 Å². The van der Waals surface area contributed by atoms with E-state index in [0.29, 0.717) is 21.3 Å². The smallest absolute Gasteiger partial charge is 0.441 e. The van der Waals surface area contributed by atoms with E-state index >= 15 is 0 Å². The average molecular weight is 415 g/mol. The number of hydrogen-bond acceptors (Lipinski definition) is 5. The zero-order valence-corrected chi connectivity index (χ0v) is 15.0. The van der Waals surface area contributed by atoms with Crippen LogP contribution in [0.3, 0.4) is 0 Å². The molecule has 27 heavy (non-hydrogen) atoms. The number of rotatable bonds is 4. The fourth-order valence-electron chi connectivity index (χ4n) is 2.17. The van der Waals surface area contributed by atoms with Crippen LogP contribution in [-0.2, 0) is 4.79 Å². The largest absolute Gasteiger partial charge is 0.489 e. The first kappa shape index (κ1) is 19.2. The number of carbonyl (C=O) groups is 1. The van der Waals surface area contributed by atoms with E-state index in [1.54, 1.807) is 12.1 Å². The molecule has 0 atom stereocenters. The molecule has 1 N–H and O–H groups in total. The normalized spacial score (nSPS) is 18.4. The summed E-state index contributed by atoms with van der Waals surface area (Å²) < 4.78 is 44.0. The number of benzene rings is 1. The highest BCUT2D eigenvalue weighted by Gasteiger charge is 2.46. The van der Waals surface area contributed by atoms with Gasteiger partial charge < -0.3 is 4.74 Å². The molecule has 2 aliphatic heterocycles. The second-order valence-corrected chi connectivity index (χ2v) is 6.60. The number of hydrogen-bond donors (Lipinski definition) is 1. The third-order valence-electron chi connectivity index (χ3n) is 3.33. The molecule has 0 aliphatic carbocycles. The minimum atomic E-state index is -4.70. The number of amidine groups is 2. The van der Waals surface area contributed by atoms with E-state index in [0.717, 1.165) is 0 Å². The second-order valence-electron chi connectivity index (χ2n) is 5.20. The van der Waals surface area contributed by atoms with Crippen molar-refractivity contribution in [2.45, 2.75) is 6.18 Å². The lowest BCUT2D eigenvalue weighted by molar-refractivity contribution is -0.114. The average Bonchev–Trinajstić information content (AvgIpc) is 3.02. The molecule has 140 valence electrons. The van der Waals surface area contributed by atoms with Crippen LogP contribution in [0.5, 0.6) is 5.75 Å². The molecule has 0 radical (unpaired) electrons. The van der Waals surface area contributed by atoms with Gasteiger partial charge in [0.05, 0.1) is 5.57 Å². The minimum Gasteiger partial charge on any atom is -0.489 e. The van der Waals surface area contributed by atoms with Crippen molar-refractivity contribution >= 4 is 51.4 Å². The number of alkyl halides is 3. The quantitative estimate of drug-likeness (QED) is 0.594. The molecule has 1 aromatic carbocycles. The summed E-state index contributed by atoms with van der Waals surface area (Å²) in [6, 6.07) is 4.63. The van der Waals surface area contributed by atoms with Crippen molar-refractivity contribution in [3.8, 4) is 5.75 Å². The zero-order chi connectivity index (χ0) is 19.8. The van der Waals surface area contributed by atoms with Crippen LogP contribution in [0.25, 0.3) is 6.08 Å². The summed E-state index contributed by atoms with van der Waals surface area (Å²) in [6.45, 7) is 3.73. The van der Waals surface area contributed by atoms with Gasteiger partial charge in [0, 0.05) is 10.6 Å². The molecular weight excluding hydrogens is 405 g/mol. The van der Waals surface area contributed by atoms with Gasteiger partial charge in [0.15, 0.2) is 5.84 Å². The van der Waals surface area contributed by atoms with Gasteiger partial charge in [-0.1, -0.05) is 24.3 Å². The molecule has 0 spiro atoms. The molecule has 0 bridgehead atoms. The van der Waals surface area contributed by atoms with Gasteiger partial charge in [-0.05, 0) is 36.0 Å². The summed E-state index contributed by atoms with van der Waals surface area (Å²) in [5, 5.41) is 10.9. The topological polar surface area (TPSA) is 78.1 Å². The molecule has 11 heteroatoms. The predicted octanol–water partition coefficient (Wildman–Crippen LogP) is 4.09. The molecule has 0 aromatic heterocycles. The number of thioether (sulfide) groups is 1. The molecule has 1 amide bonds. The van der Waals surface area contributed by atoms with E-state index in [1.807, 2.05) is 0 Å². The third kappa shape index (κ3) is 3.91. The van der Waals surface area contributed by atoms with Gasteiger partial charge in [-0.2, -0.15) is 28.3 Å². The van der Waals surface area contributed by atoms with Gasteiger partial charge in [-0.15, -0.1) is 0 Å². The van der Waals surface area contributed by atoms with Crippen LogP contribution in [0.15, 0.2) is 46.5 Å². The summed E-state index contributed by atoms with van der Waals surface area (Å²) in [5.41, 5.74) is 0.125. The second kappa shape index (κ2) is 7.20. The predicted molar refractivity (Wildman–Crippen MR) is 98.2 cm³/mol. The van der Waals surface area contributed by atoms with Crippen LogP contribution >= 0.6 is 23.4 Å². The van der Waals surface area contributed by atoms with Crippen LogP contribution in [0.1, 0.15) is 5.56 Å². The van der Waals surface area contributed by atoms with Crippen molar-refractivity contribution < 1.29 is 22.7 Å². The molecule has 0 saturated carbocycles. The minimum absolute atomic E-state index is 0.188. The van der Waals surface area contributed by atoms with Gasteiger partial charge in [-0.25, -0.2) is 0 Å². The van der Waals surface area contributed by atoms with Gasteiger partial charge in [-0.3, -0.25) is 10.2 Å².